The van der Waals surface area contributed by atoms with Crippen LogP contribution in [-0.4, -0.2) is 49.6 Å². The van der Waals surface area contributed by atoms with Gasteiger partial charge in [-0.05, 0) is 31.3 Å². The first-order valence-electron chi connectivity index (χ1n) is 6.12. The van der Waals surface area contributed by atoms with E-state index in [1.54, 1.807) is 0 Å². The van der Waals surface area contributed by atoms with Gasteiger partial charge in [0.1, 0.15) is 0 Å². The average Bonchev–Trinajstić information content (AvgIpc) is 2.86. The number of rotatable bonds is 3. The van der Waals surface area contributed by atoms with Gasteiger partial charge in [0.25, 0.3) is 0 Å². The molecule has 2 fully saturated rings. The molecule has 104 valence electrons. The molecule has 6 nitrogen and oxygen atoms in total. The molecule has 3 amide bonds. The van der Waals surface area contributed by atoms with Gasteiger partial charge in [0.15, 0.2) is 0 Å². The number of carbonyl (C=O) groups excluding carboxylic acids is 2. The Kier molecular flexibility index (Phi) is 5.37. The van der Waals surface area contributed by atoms with Crippen LogP contribution in [0, 0.1) is 5.41 Å². The molecule has 18 heavy (non-hydrogen) atoms. The second-order valence-corrected chi connectivity index (χ2v) is 5.12. The van der Waals surface area contributed by atoms with Crippen LogP contribution in [0.15, 0.2) is 0 Å². The number of carbonyl (C=O) groups is 2. The number of urea groups is 1. The van der Waals surface area contributed by atoms with Crippen LogP contribution in [-0.2, 0) is 4.79 Å². The summed E-state index contributed by atoms with van der Waals surface area (Å²) in [6, 6.07) is -0.770. The summed E-state index contributed by atoms with van der Waals surface area (Å²) in [5, 5.41) is 5.49. The van der Waals surface area contributed by atoms with E-state index >= 15 is 0 Å². The van der Waals surface area contributed by atoms with Crippen molar-refractivity contribution in [1.29, 1.82) is 0 Å². The zero-order valence-corrected chi connectivity index (χ0v) is 11.2. The molecule has 1 atom stereocenters. The van der Waals surface area contributed by atoms with Crippen LogP contribution < -0.4 is 16.4 Å². The van der Waals surface area contributed by atoms with E-state index in [4.69, 9.17) is 5.73 Å². The lowest BCUT2D eigenvalue weighted by atomic mass is 9.87. The van der Waals surface area contributed by atoms with Gasteiger partial charge in [-0.1, -0.05) is 0 Å². The highest BCUT2D eigenvalue weighted by Gasteiger charge is 2.39. The van der Waals surface area contributed by atoms with Crippen molar-refractivity contribution in [3.05, 3.63) is 0 Å². The largest absolute Gasteiger partial charge is 0.351 e. The lowest BCUT2D eigenvalue weighted by Crippen LogP contribution is -2.37. The second-order valence-electron chi connectivity index (χ2n) is 5.12. The molecule has 4 N–H and O–H groups in total. The molecule has 0 aliphatic carbocycles. The van der Waals surface area contributed by atoms with E-state index in [1.165, 1.54) is 12.8 Å². The topological polar surface area (TPSA) is 87.5 Å². The number of nitrogens with two attached hydrogens (primary N) is 1. The molecule has 0 aromatic heterocycles. The Hall–Kier alpha value is -0.850. The monoisotopic (exact) mass is 276 g/mol. The zero-order valence-electron chi connectivity index (χ0n) is 10.4. The van der Waals surface area contributed by atoms with E-state index in [0.717, 1.165) is 26.2 Å². The second kappa shape index (κ2) is 6.36. The first-order valence-corrected chi connectivity index (χ1v) is 6.12. The molecule has 7 heteroatoms. The number of amides is 3. The van der Waals surface area contributed by atoms with Gasteiger partial charge in [-0.15, -0.1) is 12.4 Å². The number of imide groups is 1. The molecule has 2 heterocycles. The van der Waals surface area contributed by atoms with Crippen molar-refractivity contribution >= 4 is 24.3 Å². The molecule has 0 saturated carbocycles. The molecule has 0 radical (unpaired) electrons. The molecule has 2 rings (SSSR count). The van der Waals surface area contributed by atoms with Gasteiger partial charge in [-0.2, -0.15) is 0 Å². The summed E-state index contributed by atoms with van der Waals surface area (Å²) in [5.74, 6) is -0.289. The van der Waals surface area contributed by atoms with Crippen LogP contribution in [0.4, 0.5) is 4.79 Å². The summed E-state index contributed by atoms with van der Waals surface area (Å²) in [6.45, 7) is 5.02. The van der Waals surface area contributed by atoms with Gasteiger partial charge >= 0.3 is 6.03 Å². The molecular formula is C11H21ClN4O2. The maximum Gasteiger partial charge on any atom is 0.318 e. The van der Waals surface area contributed by atoms with Crippen molar-refractivity contribution in [3.63, 3.8) is 0 Å². The Labute approximate surface area is 113 Å². The minimum atomic E-state index is -0.770. The zero-order chi connectivity index (χ0) is 12.3. The minimum Gasteiger partial charge on any atom is -0.351 e. The Morgan fingerprint density at radius 3 is 2.78 bits per heavy atom. The summed E-state index contributed by atoms with van der Waals surface area (Å²) in [7, 11) is 0. The Morgan fingerprint density at radius 1 is 1.39 bits per heavy atom. The van der Waals surface area contributed by atoms with Crippen LogP contribution in [0.1, 0.15) is 19.3 Å². The molecule has 2 aliphatic rings. The number of hydrogen-bond acceptors (Lipinski definition) is 4. The van der Waals surface area contributed by atoms with E-state index in [1.807, 2.05) is 0 Å². The summed E-state index contributed by atoms with van der Waals surface area (Å²) in [5.41, 5.74) is 5.31. The van der Waals surface area contributed by atoms with Crippen LogP contribution in [0.3, 0.4) is 0 Å². The first-order chi connectivity index (χ1) is 8.10. The lowest BCUT2D eigenvalue weighted by molar-refractivity contribution is -0.120. The van der Waals surface area contributed by atoms with E-state index in [-0.39, 0.29) is 18.3 Å². The van der Waals surface area contributed by atoms with Gasteiger partial charge in [0.2, 0.25) is 5.91 Å². The molecule has 1 unspecified atom stereocenters. The van der Waals surface area contributed by atoms with Gasteiger partial charge in [-0.25, -0.2) is 4.79 Å². The smallest absolute Gasteiger partial charge is 0.318 e. The highest BCUT2D eigenvalue weighted by molar-refractivity contribution is 5.93. The fraction of sp³-hybridized carbons (Fsp3) is 0.818. The number of primary amides is 1. The quantitative estimate of drug-likeness (QED) is 0.659. The van der Waals surface area contributed by atoms with Crippen molar-refractivity contribution < 1.29 is 9.59 Å². The highest BCUT2D eigenvalue weighted by Crippen LogP contribution is 2.35. The predicted molar refractivity (Wildman–Crippen MR) is 70.6 cm³/mol. The molecule has 2 saturated heterocycles. The average molecular weight is 277 g/mol. The maximum absolute atomic E-state index is 11.3. The summed E-state index contributed by atoms with van der Waals surface area (Å²) in [4.78, 5) is 24.0. The number of nitrogens with one attached hydrogen (secondary N) is 2. The molecule has 0 aromatic carbocycles. The van der Waals surface area contributed by atoms with E-state index < -0.39 is 6.03 Å². The number of likely N-dealkylation sites (tertiary alicyclic amines) is 1. The van der Waals surface area contributed by atoms with E-state index in [0.29, 0.717) is 18.4 Å². The van der Waals surface area contributed by atoms with Crippen molar-refractivity contribution in [2.24, 2.45) is 11.1 Å². The normalized spacial score (nSPS) is 27.1. The SMILES string of the molecule is Cl.NC(=O)NC(=O)CCN1CCC2(CCNC2)C1. The Bertz CT molecular complexity index is 318. The number of nitrogens with zero attached hydrogens (tertiary/aromatic N) is 1. The Morgan fingerprint density at radius 2 is 2.17 bits per heavy atom. The predicted octanol–water partition coefficient (Wildman–Crippen LogP) is -0.321. The van der Waals surface area contributed by atoms with Crippen LogP contribution in [0.5, 0.6) is 0 Å². The highest BCUT2D eigenvalue weighted by atomic mass is 35.5. The number of halogens is 1. The third-order valence-corrected chi connectivity index (χ3v) is 3.77. The fourth-order valence-electron chi connectivity index (χ4n) is 2.82. The summed E-state index contributed by atoms with van der Waals surface area (Å²) in [6.07, 6.45) is 2.78. The third-order valence-electron chi connectivity index (χ3n) is 3.77. The van der Waals surface area contributed by atoms with Crippen LogP contribution >= 0.6 is 12.4 Å². The summed E-state index contributed by atoms with van der Waals surface area (Å²) < 4.78 is 0. The van der Waals surface area contributed by atoms with Gasteiger partial charge in [0, 0.05) is 26.1 Å². The van der Waals surface area contributed by atoms with Gasteiger partial charge in [0.05, 0.1) is 0 Å². The van der Waals surface area contributed by atoms with Crippen LogP contribution in [0.2, 0.25) is 0 Å². The minimum absolute atomic E-state index is 0. The molecule has 2 aliphatic heterocycles. The lowest BCUT2D eigenvalue weighted by Gasteiger charge is -2.22. The van der Waals surface area contributed by atoms with Crippen molar-refractivity contribution in [1.82, 2.24) is 15.5 Å². The Balaban J connectivity index is 0.00000162. The first kappa shape index (κ1) is 15.2. The van der Waals surface area contributed by atoms with E-state index in [2.05, 4.69) is 15.5 Å². The van der Waals surface area contributed by atoms with Crippen molar-refractivity contribution in [3.8, 4) is 0 Å². The van der Waals surface area contributed by atoms with Crippen molar-refractivity contribution in [2.45, 2.75) is 19.3 Å². The fourth-order valence-corrected chi connectivity index (χ4v) is 2.82. The summed E-state index contributed by atoms with van der Waals surface area (Å²) >= 11 is 0. The third kappa shape index (κ3) is 3.83. The molecular weight excluding hydrogens is 256 g/mol. The molecule has 0 aromatic rings. The molecule has 0 bridgehead atoms. The molecule has 1 spiro atoms. The maximum atomic E-state index is 11.3. The van der Waals surface area contributed by atoms with Crippen molar-refractivity contribution in [2.75, 3.05) is 32.7 Å². The number of hydrogen-bond donors (Lipinski definition) is 3. The van der Waals surface area contributed by atoms with Crippen LogP contribution in [0.25, 0.3) is 0 Å². The van der Waals surface area contributed by atoms with Gasteiger partial charge in [-0.3, -0.25) is 10.1 Å². The standard InChI is InChI=1S/C11H20N4O2.ClH/c12-10(17)14-9(16)1-5-15-6-3-11(8-15)2-4-13-7-11;/h13H,1-8H2,(H3,12,14,16,17);1H. The van der Waals surface area contributed by atoms with E-state index in [9.17, 15) is 9.59 Å². The van der Waals surface area contributed by atoms with Gasteiger partial charge < -0.3 is 16.0 Å².